The van der Waals surface area contributed by atoms with Crippen LogP contribution in [0.2, 0.25) is 0 Å². The number of carbonyl (C=O) groups is 2. The minimum atomic E-state index is -0.880. The number of aromatic nitrogens is 2. The van der Waals surface area contributed by atoms with Gasteiger partial charge >= 0.3 is 5.97 Å². The Morgan fingerprint density at radius 1 is 1.16 bits per heavy atom. The highest BCUT2D eigenvalue weighted by atomic mass is 16.5. The second-order valence-electron chi connectivity index (χ2n) is 6.47. The summed E-state index contributed by atoms with van der Waals surface area (Å²) in [7, 11) is 0. The van der Waals surface area contributed by atoms with Crippen molar-refractivity contribution < 1.29 is 14.3 Å². The standard InChI is InChI=1S/C19H25N3O3/c1-12(2)22-17(8-9-20-22)21-19(24)15(5)25-18(23)11-16-7-6-13(3)14(4)10-16/h6-10,12,15H,11H2,1-5H3,(H,21,24)/t15-/m0/s1. The first-order valence-corrected chi connectivity index (χ1v) is 8.38. The Labute approximate surface area is 148 Å². The lowest BCUT2D eigenvalue weighted by Crippen LogP contribution is -2.31. The minimum Gasteiger partial charge on any atom is -0.452 e. The average Bonchev–Trinajstić information content (AvgIpc) is 2.99. The number of hydrogen-bond acceptors (Lipinski definition) is 4. The lowest BCUT2D eigenvalue weighted by Gasteiger charge is -2.16. The zero-order valence-corrected chi connectivity index (χ0v) is 15.4. The van der Waals surface area contributed by atoms with Gasteiger partial charge in [0.1, 0.15) is 5.82 Å². The quantitative estimate of drug-likeness (QED) is 0.818. The molecule has 1 aromatic carbocycles. The monoisotopic (exact) mass is 343 g/mol. The molecule has 1 N–H and O–H groups in total. The summed E-state index contributed by atoms with van der Waals surface area (Å²) in [4.78, 5) is 24.3. The van der Waals surface area contributed by atoms with Gasteiger partial charge in [-0.1, -0.05) is 18.2 Å². The van der Waals surface area contributed by atoms with Gasteiger partial charge in [0.25, 0.3) is 5.91 Å². The molecule has 0 bridgehead atoms. The molecule has 0 saturated heterocycles. The number of anilines is 1. The normalized spacial score (nSPS) is 12.1. The third kappa shape index (κ3) is 4.92. The molecule has 1 amide bonds. The number of carbonyl (C=O) groups excluding carboxylic acids is 2. The molecule has 6 nitrogen and oxygen atoms in total. The average molecular weight is 343 g/mol. The Morgan fingerprint density at radius 3 is 2.52 bits per heavy atom. The maximum atomic E-state index is 12.2. The number of esters is 1. The molecular weight excluding hydrogens is 318 g/mol. The van der Waals surface area contributed by atoms with Gasteiger partial charge < -0.3 is 10.1 Å². The van der Waals surface area contributed by atoms with Gasteiger partial charge in [0, 0.05) is 12.1 Å². The number of nitrogens with one attached hydrogen (secondary N) is 1. The molecular formula is C19H25N3O3. The van der Waals surface area contributed by atoms with Gasteiger partial charge in [0.2, 0.25) is 0 Å². The molecule has 0 saturated carbocycles. The molecule has 0 aliphatic heterocycles. The lowest BCUT2D eigenvalue weighted by molar-refractivity contribution is -0.152. The predicted octanol–water partition coefficient (Wildman–Crippen LogP) is 3.19. The van der Waals surface area contributed by atoms with Crippen LogP contribution in [-0.4, -0.2) is 27.8 Å². The summed E-state index contributed by atoms with van der Waals surface area (Å²) in [5.74, 6) is -0.226. The number of ether oxygens (including phenoxy) is 1. The summed E-state index contributed by atoms with van der Waals surface area (Å²) in [6.45, 7) is 9.51. The summed E-state index contributed by atoms with van der Waals surface area (Å²) in [5.41, 5.74) is 3.17. The van der Waals surface area contributed by atoms with Crippen LogP contribution >= 0.6 is 0 Å². The van der Waals surface area contributed by atoms with Crippen LogP contribution in [0.4, 0.5) is 5.82 Å². The van der Waals surface area contributed by atoms with E-state index in [4.69, 9.17) is 4.74 Å². The van der Waals surface area contributed by atoms with Crippen LogP contribution in [0, 0.1) is 13.8 Å². The first kappa shape index (κ1) is 18.7. The molecule has 0 radical (unpaired) electrons. The van der Waals surface area contributed by atoms with Crippen LogP contribution in [0.3, 0.4) is 0 Å². The fourth-order valence-corrected chi connectivity index (χ4v) is 2.43. The highest BCUT2D eigenvalue weighted by Gasteiger charge is 2.20. The van der Waals surface area contributed by atoms with Crippen molar-refractivity contribution in [3.8, 4) is 0 Å². The Balaban J connectivity index is 1.92. The van der Waals surface area contributed by atoms with E-state index in [1.807, 2.05) is 45.9 Å². The van der Waals surface area contributed by atoms with Crippen LogP contribution in [0.15, 0.2) is 30.5 Å². The van der Waals surface area contributed by atoms with Crippen molar-refractivity contribution in [2.75, 3.05) is 5.32 Å². The second kappa shape index (κ2) is 7.96. The molecule has 1 atom stereocenters. The molecule has 0 unspecified atom stereocenters. The molecule has 1 heterocycles. The van der Waals surface area contributed by atoms with Crippen molar-refractivity contribution in [2.24, 2.45) is 0 Å². The zero-order chi connectivity index (χ0) is 18.6. The van der Waals surface area contributed by atoms with Crippen molar-refractivity contribution in [3.05, 3.63) is 47.2 Å². The van der Waals surface area contributed by atoms with Crippen molar-refractivity contribution in [1.29, 1.82) is 0 Å². The van der Waals surface area contributed by atoms with Crippen LogP contribution in [-0.2, 0) is 20.7 Å². The van der Waals surface area contributed by atoms with E-state index in [2.05, 4.69) is 10.4 Å². The van der Waals surface area contributed by atoms with Crippen molar-refractivity contribution in [3.63, 3.8) is 0 Å². The van der Waals surface area contributed by atoms with Gasteiger partial charge in [0.05, 0.1) is 12.6 Å². The van der Waals surface area contributed by atoms with Gasteiger partial charge in [-0.2, -0.15) is 5.10 Å². The SMILES string of the molecule is Cc1ccc(CC(=O)O[C@@H](C)C(=O)Nc2ccnn2C(C)C)cc1C. The first-order chi connectivity index (χ1) is 11.8. The molecule has 0 fully saturated rings. The summed E-state index contributed by atoms with van der Waals surface area (Å²) in [6.07, 6.45) is 0.879. The van der Waals surface area contributed by atoms with E-state index in [9.17, 15) is 9.59 Å². The highest BCUT2D eigenvalue weighted by molar-refractivity contribution is 5.94. The number of aryl methyl sites for hydroxylation is 2. The van der Waals surface area contributed by atoms with E-state index in [0.29, 0.717) is 5.82 Å². The fraction of sp³-hybridized carbons (Fsp3) is 0.421. The zero-order valence-electron chi connectivity index (χ0n) is 15.4. The summed E-state index contributed by atoms with van der Waals surface area (Å²) in [6, 6.07) is 7.66. The van der Waals surface area contributed by atoms with E-state index in [-0.39, 0.29) is 18.4 Å². The Bertz CT molecular complexity index is 765. The van der Waals surface area contributed by atoms with Gasteiger partial charge in [-0.15, -0.1) is 0 Å². The molecule has 2 rings (SSSR count). The number of nitrogens with zero attached hydrogens (tertiary/aromatic N) is 2. The summed E-state index contributed by atoms with van der Waals surface area (Å²) < 4.78 is 6.95. The van der Waals surface area contributed by atoms with Crippen LogP contribution in [0.5, 0.6) is 0 Å². The molecule has 0 spiro atoms. The molecule has 0 aliphatic rings. The van der Waals surface area contributed by atoms with Crippen LogP contribution in [0.1, 0.15) is 43.5 Å². The smallest absolute Gasteiger partial charge is 0.311 e. The van der Waals surface area contributed by atoms with E-state index in [0.717, 1.165) is 11.1 Å². The highest BCUT2D eigenvalue weighted by Crippen LogP contribution is 2.14. The van der Waals surface area contributed by atoms with Crippen molar-refractivity contribution in [2.45, 2.75) is 53.2 Å². The van der Waals surface area contributed by atoms with Gasteiger partial charge in [-0.05, 0) is 51.3 Å². The number of rotatable bonds is 6. The third-order valence-corrected chi connectivity index (χ3v) is 4.01. The molecule has 2 aromatic rings. The summed E-state index contributed by atoms with van der Waals surface area (Å²) in [5, 5.41) is 6.90. The Hall–Kier alpha value is -2.63. The minimum absolute atomic E-state index is 0.118. The van der Waals surface area contributed by atoms with Gasteiger partial charge in [-0.3, -0.25) is 9.59 Å². The maximum absolute atomic E-state index is 12.2. The lowest BCUT2D eigenvalue weighted by atomic mass is 10.0. The molecule has 0 aliphatic carbocycles. The van der Waals surface area contributed by atoms with E-state index >= 15 is 0 Å². The molecule has 25 heavy (non-hydrogen) atoms. The fourth-order valence-electron chi connectivity index (χ4n) is 2.43. The van der Waals surface area contributed by atoms with E-state index < -0.39 is 12.1 Å². The van der Waals surface area contributed by atoms with Gasteiger partial charge in [0.15, 0.2) is 6.10 Å². The second-order valence-corrected chi connectivity index (χ2v) is 6.47. The summed E-state index contributed by atoms with van der Waals surface area (Å²) >= 11 is 0. The van der Waals surface area contributed by atoms with Crippen LogP contribution < -0.4 is 5.32 Å². The maximum Gasteiger partial charge on any atom is 0.311 e. The van der Waals surface area contributed by atoms with Gasteiger partial charge in [-0.25, -0.2) is 4.68 Å². The third-order valence-electron chi connectivity index (χ3n) is 4.01. The van der Waals surface area contributed by atoms with Crippen LogP contribution in [0.25, 0.3) is 0 Å². The topological polar surface area (TPSA) is 73.2 Å². The largest absolute Gasteiger partial charge is 0.452 e. The molecule has 6 heteroatoms. The van der Waals surface area contributed by atoms with E-state index in [1.54, 1.807) is 23.9 Å². The Kier molecular flexibility index (Phi) is 5.96. The number of hydrogen-bond donors (Lipinski definition) is 1. The molecule has 134 valence electrons. The first-order valence-electron chi connectivity index (χ1n) is 8.38. The predicted molar refractivity (Wildman–Crippen MR) is 96.4 cm³/mol. The Morgan fingerprint density at radius 2 is 1.88 bits per heavy atom. The molecule has 1 aromatic heterocycles. The van der Waals surface area contributed by atoms with Crippen molar-refractivity contribution >= 4 is 17.7 Å². The number of benzene rings is 1. The van der Waals surface area contributed by atoms with E-state index in [1.165, 1.54) is 5.56 Å². The van der Waals surface area contributed by atoms with Crippen molar-refractivity contribution in [1.82, 2.24) is 9.78 Å². The number of amides is 1.